The number of hydrogen-bond acceptors (Lipinski definition) is 7. The van der Waals surface area contributed by atoms with Crippen LogP contribution in [-0.4, -0.2) is 79.0 Å². The first kappa shape index (κ1) is 34.5. The van der Waals surface area contributed by atoms with Crippen molar-refractivity contribution in [3.8, 4) is 0 Å². The van der Waals surface area contributed by atoms with Gasteiger partial charge in [-0.1, -0.05) is 60.1 Å². The van der Waals surface area contributed by atoms with Crippen LogP contribution in [0.5, 0.6) is 0 Å². The third-order valence-electron chi connectivity index (χ3n) is 19.0. The summed E-state index contributed by atoms with van der Waals surface area (Å²) in [6.45, 7) is 17.1. The molecule has 8 aliphatic carbocycles. The molecule has 6 nitrogen and oxygen atoms in total. The lowest BCUT2D eigenvalue weighted by Gasteiger charge is -2.72. The average molecular weight is 703 g/mol. The molecule has 1 heterocycles. The summed E-state index contributed by atoms with van der Waals surface area (Å²) in [4.78, 5) is 0. The van der Waals surface area contributed by atoms with Crippen LogP contribution < -0.4 is 0 Å². The fraction of sp³-hybridized carbons (Fsp3) is 0.951. The fourth-order valence-corrected chi connectivity index (χ4v) is 17.7. The fourth-order valence-electron chi connectivity index (χ4n) is 15.8. The number of halogens is 1. The Morgan fingerprint density at radius 1 is 0.918 bits per heavy atom. The van der Waals surface area contributed by atoms with E-state index in [1.54, 1.807) is 0 Å². The van der Waals surface area contributed by atoms with Crippen molar-refractivity contribution < 1.29 is 34.7 Å². The summed E-state index contributed by atoms with van der Waals surface area (Å²) in [6.07, 6.45) is 9.96. The Balaban J connectivity index is 1.05. The quantitative estimate of drug-likeness (QED) is 0.207. The molecule has 49 heavy (non-hydrogen) atoms. The van der Waals surface area contributed by atoms with E-state index < -0.39 is 59.2 Å². The zero-order valence-corrected chi connectivity index (χ0v) is 31.8. The summed E-state index contributed by atoms with van der Waals surface area (Å²) in [6, 6.07) is 0. The number of alkyl halides is 1. The monoisotopic (exact) mass is 702 g/mol. The highest BCUT2D eigenvalue weighted by atomic mass is 32.2. The van der Waals surface area contributed by atoms with Gasteiger partial charge in [-0.25, -0.2) is 4.39 Å². The summed E-state index contributed by atoms with van der Waals surface area (Å²) >= 11 is 2.10. The van der Waals surface area contributed by atoms with Gasteiger partial charge in [0.1, 0.15) is 12.3 Å². The lowest BCUT2D eigenvalue weighted by Crippen LogP contribution is -2.70. The molecule has 0 aromatic carbocycles. The van der Waals surface area contributed by atoms with Gasteiger partial charge in [-0.3, -0.25) is 0 Å². The number of thioether (sulfide) groups is 1. The molecule has 7 saturated carbocycles. The number of hydrogen-bond donors (Lipinski definition) is 5. The third-order valence-corrected chi connectivity index (χ3v) is 21.0. The molecular formula is C41H63FO6S. The summed E-state index contributed by atoms with van der Waals surface area (Å²) in [5, 5.41) is 57.1. The minimum atomic E-state index is -1.78. The Morgan fingerprint density at radius 3 is 2.27 bits per heavy atom. The lowest BCUT2D eigenvalue weighted by atomic mass is 9.33. The topological polar surface area (TPSA) is 110 Å². The van der Waals surface area contributed by atoms with Crippen LogP contribution >= 0.6 is 11.8 Å². The second kappa shape index (κ2) is 9.90. The number of allylic oxidation sites excluding steroid dienone is 2. The van der Waals surface area contributed by atoms with Crippen molar-refractivity contribution in [2.45, 2.75) is 172 Å². The zero-order chi connectivity index (χ0) is 35.2. The van der Waals surface area contributed by atoms with E-state index in [1.165, 1.54) is 31.3 Å². The van der Waals surface area contributed by atoms with Crippen LogP contribution in [0.3, 0.4) is 0 Å². The molecule has 0 amide bonds. The van der Waals surface area contributed by atoms with Crippen LogP contribution in [0.25, 0.3) is 0 Å². The van der Waals surface area contributed by atoms with E-state index in [9.17, 15) is 29.9 Å². The largest absolute Gasteiger partial charge is 0.395 e. The van der Waals surface area contributed by atoms with Crippen molar-refractivity contribution in [2.75, 3.05) is 6.61 Å². The first-order valence-electron chi connectivity index (χ1n) is 19.8. The highest BCUT2D eigenvalue weighted by Gasteiger charge is 3.10. The van der Waals surface area contributed by atoms with Crippen LogP contribution in [0.15, 0.2) is 11.6 Å². The molecule has 276 valence electrons. The summed E-state index contributed by atoms with van der Waals surface area (Å²) in [5.41, 5.74) is -0.728. The maximum Gasteiger partial charge on any atom is 0.189 e. The molecule has 1 saturated heterocycles. The maximum absolute atomic E-state index is 13.8. The predicted molar refractivity (Wildman–Crippen MR) is 188 cm³/mol. The van der Waals surface area contributed by atoms with Crippen LogP contribution in [0.1, 0.15) is 126 Å². The van der Waals surface area contributed by atoms with Gasteiger partial charge in [-0.05, 0) is 122 Å². The Labute approximate surface area is 297 Å². The standard InChI is InChI=1S/C41H63FO6S/c1-33(2)14-16-38(31(46)32-40-30(45)29(44)39(40,21-43)41(40,47)48-32)17-15-36(6)24(25(38)20-33)8-9-27-35(5)12-11-28(49-23-18-22(42)19-23)34(3,4)26(35)10-13-37(27,36)7/h8,22-23,25-32,43-47H,9-21H2,1-7H3/t22?,23?,25?,26?,27?,28-,29+,30?,31+,32+,35-,36+,37+,38-,39?,40?,41?/m0/s1. The molecule has 0 aromatic heterocycles. The molecule has 1 spiro atoms. The van der Waals surface area contributed by atoms with Crippen molar-refractivity contribution in [1.29, 1.82) is 0 Å². The number of rotatable bonds is 5. The molecule has 1 aliphatic heterocycles. The van der Waals surface area contributed by atoms with Crippen molar-refractivity contribution in [3.05, 3.63) is 11.6 Å². The Bertz CT molecular complexity index is 1460. The average Bonchev–Trinajstić information content (AvgIpc) is 3.36. The highest BCUT2D eigenvalue weighted by molar-refractivity contribution is 8.00. The van der Waals surface area contributed by atoms with Crippen LogP contribution in [0.4, 0.5) is 4.39 Å². The van der Waals surface area contributed by atoms with Gasteiger partial charge in [0.05, 0.1) is 35.7 Å². The molecule has 15 atom stereocenters. The van der Waals surface area contributed by atoms with Crippen LogP contribution in [0, 0.1) is 61.1 Å². The molecule has 5 N–H and O–H groups in total. The first-order valence-corrected chi connectivity index (χ1v) is 20.8. The van der Waals surface area contributed by atoms with Gasteiger partial charge in [-0.15, -0.1) is 0 Å². The molecule has 7 unspecified atom stereocenters. The normalized spacial score (nSPS) is 61.0. The van der Waals surface area contributed by atoms with Gasteiger partial charge in [0.15, 0.2) is 5.79 Å². The van der Waals surface area contributed by atoms with Gasteiger partial charge >= 0.3 is 0 Å². The van der Waals surface area contributed by atoms with Gasteiger partial charge in [0.25, 0.3) is 0 Å². The molecule has 0 radical (unpaired) electrons. The summed E-state index contributed by atoms with van der Waals surface area (Å²) in [7, 11) is 0. The van der Waals surface area contributed by atoms with Crippen LogP contribution in [0.2, 0.25) is 0 Å². The Morgan fingerprint density at radius 2 is 1.61 bits per heavy atom. The number of aliphatic hydroxyl groups is 5. The third kappa shape index (κ3) is 3.56. The van der Waals surface area contributed by atoms with Crippen molar-refractivity contribution in [2.24, 2.45) is 61.1 Å². The van der Waals surface area contributed by atoms with Gasteiger partial charge < -0.3 is 30.3 Å². The predicted octanol–water partition coefficient (Wildman–Crippen LogP) is 6.55. The van der Waals surface area contributed by atoms with E-state index in [0.29, 0.717) is 22.3 Å². The van der Waals surface area contributed by atoms with Crippen LogP contribution in [-0.2, 0) is 4.74 Å². The number of aliphatic hydroxyl groups excluding tert-OH is 4. The Hall–Kier alpha value is -0.220. The minimum absolute atomic E-state index is 0.00310. The van der Waals surface area contributed by atoms with Crippen molar-refractivity contribution >= 4 is 11.8 Å². The van der Waals surface area contributed by atoms with Gasteiger partial charge in [-0.2, -0.15) is 11.8 Å². The van der Waals surface area contributed by atoms with E-state index >= 15 is 0 Å². The summed E-state index contributed by atoms with van der Waals surface area (Å²) in [5.74, 6) is -0.389. The molecule has 0 aromatic rings. The Kier molecular flexibility index (Phi) is 6.98. The van der Waals surface area contributed by atoms with E-state index in [1.807, 2.05) is 0 Å². The zero-order valence-electron chi connectivity index (χ0n) is 31.0. The van der Waals surface area contributed by atoms with E-state index in [-0.39, 0.29) is 33.0 Å². The van der Waals surface area contributed by atoms with Crippen molar-refractivity contribution in [1.82, 2.24) is 0 Å². The van der Waals surface area contributed by atoms with Gasteiger partial charge in [0, 0.05) is 15.9 Å². The minimum Gasteiger partial charge on any atom is -0.395 e. The molecule has 9 rings (SSSR count). The lowest BCUT2D eigenvalue weighted by molar-refractivity contribution is -0.344. The molecule has 8 fully saturated rings. The smallest absolute Gasteiger partial charge is 0.189 e. The van der Waals surface area contributed by atoms with E-state index in [4.69, 9.17) is 4.74 Å². The van der Waals surface area contributed by atoms with E-state index in [0.717, 1.165) is 51.4 Å². The van der Waals surface area contributed by atoms with E-state index in [2.05, 4.69) is 66.3 Å². The molecular weight excluding hydrogens is 640 g/mol. The second-order valence-corrected chi connectivity index (χ2v) is 22.6. The maximum atomic E-state index is 13.8. The van der Waals surface area contributed by atoms with Gasteiger partial charge in [0.2, 0.25) is 0 Å². The summed E-state index contributed by atoms with van der Waals surface area (Å²) < 4.78 is 19.9. The number of ether oxygens (including phenoxy) is 1. The van der Waals surface area contributed by atoms with Crippen molar-refractivity contribution in [3.63, 3.8) is 0 Å². The SMILES string of the molecule is CC1(C)CC[C@]2([C@H](O)[C@H]3OC4(O)C5(CO)[C@H](O)C(O)C345)CC[C@]3(C)C(=CCC4[C@@]5(C)CC[C@H](SC6CC(F)C6)C(C)(C)C5CC[C@]43C)C2C1. The number of fused-ring (bicyclic) bond motifs is 8. The molecule has 0 bridgehead atoms. The molecule has 8 heteroatoms. The first-order chi connectivity index (χ1) is 22.8. The highest BCUT2D eigenvalue weighted by Crippen LogP contribution is 2.92. The second-order valence-electron chi connectivity index (χ2n) is 21.1. The molecule has 9 aliphatic rings.